The molecule has 0 bridgehead atoms. The minimum Gasteiger partial charge on any atom is -0.543 e. The van der Waals surface area contributed by atoms with Crippen molar-refractivity contribution in [3.8, 4) is 0 Å². The van der Waals surface area contributed by atoms with E-state index >= 15 is 9.59 Å². The van der Waals surface area contributed by atoms with Crippen molar-refractivity contribution in [3.05, 3.63) is 81.4 Å². The molecule has 4 nitrogen and oxygen atoms in total. The highest BCUT2D eigenvalue weighted by atomic mass is 28.4. The van der Waals surface area contributed by atoms with Crippen LogP contribution < -0.4 is 0 Å². The maximum absolute atomic E-state index is 15.6. The quantitative estimate of drug-likeness (QED) is 0.0511. The third-order valence-electron chi connectivity index (χ3n) is 14.1. The standard InChI is InChI=1S/C56H90O4Si2/c1-8-15-21-29-39-61(40-30-22-16-9-2,41-31-23-17-10-3)59-55-48-36-28-27-35-47(48)53(57)51-52(55)54(58)50-45-46(14-7)37-38-49(50)56(51)60-62(42-32-24-18-11-4,43-33-25-19-12-5)44-34-26-20-13-6/h27-28,35-38,45H,8-26,29-34,39-44H2,1-7H3. The Morgan fingerprint density at radius 3 is 1.03 bits per heavy atom. The van der Waals surface area contributed by atoms with Crippen LogP contribution in [0.25, 0.3) is 11.5 Å². The molecule has 4 rings (SSSR count). The maximum atomic E-state index is 15.6. The van der Waals surface area contributed by atoms with Crippen LogP contribution in [0.15, 0.2) is 53.6 Å². The summed E-state index contributed by atoms with van der Waals surface area (Å²) < 4.78 is 15.9. The fourth-order valence-electron chi connectivity index (χ4n) is 10.2. The molecular weight excluding hydrogens is 793 g/mol. The topological polar surface area (TPSA) is 52.6 Å². The zero-order valence-electron chi connectivity index (χ0n) is 41.1. The highest BCUT2D eigenvalue weighted by molar-refractivity contribution is 6.75. The molecule has 0 fully saturated rings. The van der Waals surface area contributed by atoms with Crippen LogP contribution in [0.5, 0.6) is 0 Å². The number of carbonyl (C=O) groups excluding carboxylic acids is 2. The number of rotatable bonds is 35. The van der Waals surface area contributed by atoms with Gasteiger partial charge in [0.2, 0.25) is 0 Å². The first-order chi connectivity index (χ1) is 30.3. The van der Waals surface area contributed by atoms with Crippen LogP contribution >= 0.6 is 0 Å². The van der Waals surface area contributed by atoms with Crippen molar-refractivity contribution in [1.29, 1.82) is 0 Å². The molecule has 0 aromatic heterocycles. The van der Waals surface area contributed by atoms with E-state index in [1.165, 1.54) is 154 Å². The number of aryl methyl sites for hydroxylation is 1. The summed E-state index contributed by atoms with van der Waals surface area (Å²) in [5.74, 6) is 1.28. The number of Topliss-reactive ketones (excluding diaryl/α,β-unsaturated/α-hetero) is 2. The fraction of sp³-hybridized carbons (Fsp3) is 0.679. The van der Waals surface area contributed by atoms with Crippen LogP contribution in [-0.2, 0) is 15.3 Å². The molecule has 2 aromatic carbocycles. The van der Waals surface area contributed by atoms with Crippen molar-refractivity contribution in [2.24, 2.45) is 0 Å². The van der Waals surface area contributed by atoms with E-state index in [1.54, 1.807) is 0 Å². The smallest absolute Gasteiger partial charge is 0.251 e. The molecule has 0 saturated carbocycles. The molecular formula is C56H90O4Si2. The molecule has 0 aliphatic heterocycles. The van der Waals surface area contributed by atoms with Crippen molar-refractivity contribution >= 4 is 39.7 Å². The minimum atomic E-state index is -2.46. The fourth-order valence-corrected chi connectivity index (χ4v) is 19.0. The molecule has 0 spiro atoms. The van der Waals surface area contributed by atoms with Gasteiger partial charge in [0, 0.05) is 22.3 Å². The number of benzene rings is 2. The Hall–Kier alpha value is -2.71. The van der Waals surface area contributed by atoms with Crippen LogP contribution in [-0.4, -0.2) is 28.2 Å². The summed E-state index contributed by atoms with van der Waals surface area (Å²) in [6.07, 6.45) is 29.8. The molecule has 0 unspecified atom stereocenters. The molecule has 2 aromatic rings. The molecule has 0 saturated heterocycles. The highest BCUT2D eigenvalue weighted by Crippen LogP contribution is 2.49. The van der Waals surface area contributed by atoms with Crippen molar-refractivity contribution in [2.45, 2.75) is 245 Å². The van der Waals surface area contributed by atoms with E-state index in [1.807, 2.05) is 18.2 Å². The Bertz CT molecular complexity index is 1660. The van der Waals surface area contributed by atoms with Crippen LogP contribution in [0.4, 0.5) is 0 Å². The van der Waals surface area contributed by atoms with Gasteiger partial charge in [-0.05, 0) is 54.3 Å². The number of fused-ring (bicyclic) bond motifs is 3. The molecule has 62 heavy (non-hydrogen) atoms. The van der Waals surface area contributed by atoms with Gasteiger partial charge in [-0.25, -0.2) is 0 Å². The second-order valence-corrected chi connectivity index (χ2v) is 27.4. The third kappa shape index (κ3) is 14.7. The summed E-state index contributed by atoms with van der Waals surface area (Å²) in [4.78, 5) is 31.0. The van der Waals surface area contributed by atoms with Crippen molar-refractivity contribution in [1.82, 2.24) is 0 Å². The zero-order valence-corrected chi connectivity index (χ0v) is 43.1. The summed E-state index contributed by atoms with van der Waals surface area (Å²) >= 11 is 0. The van der Waals surface area contributed by atoms with Crippen LogP contribution in [0.2, 0.25) is 36.3 Å². The van der Waals surface area contributed by atoms with E-state index in [9.17, 15) is 0 Å². The Morgan fingerprint density at radius 2 is 0.694 bits per heavy atom. The SMILES string of the molecule is CCCCCC[Si](CCCCCC)(CCCCCC)OC1=C2C(=O)c3cc(CC)ccc3C(O[Si](CCCCCC)(CCCCCC)CCCCCC)=C2C(=O)c2ccccc21. The van der Waals surface area contributed by atoms with E-state index in [0.29, 0.717) is 33.8 Å². The van der Waals surface area contributed by atoms with Gasteiger partial charge in [0.15, 0.2) is 11.6 Å². The summed E-state index contributed by atoms with van der Waals surface area (Å²) in [6, 6.07) is 21.1. The Labute approximate surface area is 383 Å². The van der Waals surface area contributed by atoms with Gasteiger partial charge in [0.25, 0.3) is 16.6 Å². The molecule has 0 N–H and O–H groups in total. The van der Waals surface area contributed by atoms with E-state index in [4.69, 9.17) is 8.85 Å². The van der Waals surface area contributed by atoms with Gasteiger partial charge in [0.1, 0.15) is 11.5 Å². The minimum absolute atomic E-state index is 0.0533. The van der Waals surface area contributed by atoms with Crippen LogP contribution in [0, 0.1) is 0 Å². The van der Waals surface area contributed by atoms with E-state index in [2.05, 4.69) is 72.7 Å². The normalized spacial score (nSPS) is 14.0. The van der Waals surface area contributed by atoms with Gasteiger partial charge in [0.05, 0.1) is 11.1 Å². The summed E-state index contributed by atoms with van der Waals surface area (Å²) in [7, 11) is -4.92. The Morgan fingerprint density at radius 1 is 0.371 bits per heavy atom. The van der Waals surface area contributed by atoms with Crippen LogP contribution in [0.1, 0.15) is 240 Å². The van der Waals surface area contributed by atoms with E-state index < -0.39 is 16.6 Å². The van der Waals surface area contributed by atoms with E-state index in [-0.39, 0.29) is 11.6 Å². The number of hydrogen-bond acceptors (Lipinski definition) is 4. The molecule has 2 aliphatic rings. The van der Waals surface area contributed by atoms with Crippen molar-refractivity contribution < 1.29 is 18.4 Å². The third-order valence-corrected chi connectivity index (χ3v) is 23.0. The molecule has 0 amide bonds. The lowest BCUT2D eigenvalue weighted by Crippen LogP contribution is -2.41. The first kappa shape index (κ1) is 51.9. The second kappa shape index (κ2) is 28.3. The van der Waals surface area contributed by atoms with E-state index in [0.717, 1.165) is 59.4 Å². The lowest BCUT2D eigenvalue weighted by molar-refractivity contribution is 0.0988. The summed E-state index contributed by atoms with van der Waals surface area (Å²) in [6.45, 7) is 15.9. The largest absolute Gasteiger partial charge is 0.543 e. The molecule has 0 heterocycles. The number of hydrogen-bond donors (Lipinski definition) is 0. The lowest BCUT2D eigenvalue weighted by atomic mass is 9.76. The zero-order chi connectivity index (χ0) is 44.6. The average Bonchev–Trinajstić information content (AvgIpc) is 3.29. The first-order valence-electron chi connectivity index (χ1n) is 26.5. The first-order valence-corrected chi connectivity index (χ1v) is 31.5. The molecule has 346 valence electrons. The second-order valence-electron chi connectivity index (χ2n) is 19.3. The van der Waals surface area contributed by atoms with Gasteiger partial charge >= 0.3 is 0 Å². The van der Waals surface area contributed by atoms with Crippen molar-refractivity contribution in [3.63, 3.8) is 0 Å². The van der Waals surface area contributed by atoms with Gasteiger partial charge < -0.3 is 8.85 Å². The molecule has 0 atom stereocenters. The highest BCUT2D eigenvalue weighted by Gasteiger charge is 2.47. The van der Waals surface area contributed by atoms with Crippen LogP contribution in [0.3, 0.4) is 0 Å². The molecule has 6 heteroatoms. The predicted molar refractivity (Wildman–Crippen MR) is 272 cm³/mol. The Kier molecular flexibility index (Phi) is 23.7. The lowest BCUT2D eigenvalue weighted by Gasteiger charge is -2.40. The number of ketones is 2. The summed E-state index contributed by atoms with van der Waals surface area (Å²) in [5.41, 5.74) is 5.14. The monoisotopic (exact) mass is 883 g/mol. The average molecular weight is 884 g/mol. The van der Waals surface area contributed by atoms with Gasteiger partial charge in [-0.2, -0.15) is 0 Å². The van der Waals surface area contributed by atoms with Gasteiger partial charge in [-0.1, -0.05) is 239 Å². The van der Waals surface area contributed by atoms with Gasteiger partial charge in [-0.3, -0.25) is 9.59 Å². The van der Waals surface area contributed by atoms with Crippen molar-refractivity contribution in [2.75, 3.05) is 0 Å². The Balaban J connectivity index is 2.03. The number of unbranched alkanes of at least 4 members (excludes halogenated alkanes) is 18. The maximum Gasteiger partial charge on any atom is 0.251 e. The molecule has 0 radical (unpaired) electrons. The summed E-state index contributed by atoms with van der Waals surface area (Å²) in [5, 5.41) is 0. The predicted octanol–water partition coefficient (Wildman–Crippen LogP) is 18.2. The van der Waals surface area contributed by atoms with Gasteiger partial charge in [-0.15, -0.1) is 0 Å². The number of allylic oxidation sites excluding steroid dienone is 2. The molecule has 2 aliphatic carbocycles. The number of carbonyl (C=O) groups is 2.